The Bertz CT molecular complexity index is 705. The molecule has 2 N–H and O–H groups in total. The van der Waals surface area contributed by atoms with Crippen molar-refractivity contribution in [3.05, 3.63) is 23.8 Å². The van der Waals surface area contributed by atoms with Crippen LogP contribution in [0.4, 0.5) is 11.4 Å². The summed E-state index contributed by atoms with van der Waals surface area (Å²) in [6.07, 6.45) is 4.87. The number of nitrogens with one attached hydrogen (secondary N) is 2. The SMILES string of the molecule is CC(C)CC(=O)Nc1ccc(N2CCC(C)CC2)c(C(=O)NC[C@@H]2CCCO2)c1. The third kappa shape index (κ3) is 6.20. The highest BCUT2D eigenvalue weighted by atomic mass is 16.5. The topological polar surface area (TPSA) is 70.7 Å². The maximum atomic E-state index is 13.0. The molecule has 0 aliphatic carbocycles. The van der Waals surface area contributed by atoms with Crippen molar-refractivity contribution in [1.29, 1.82) is 0 Å². The van der Waals surface area contributed by atoms with Crippen molar-refractivity contribution in [3.8, 4) is 0 Å². The van der Waals surface area contributed by atoms with E-state index in [2.05, 4.69) is 22.5 Å². The summed E-state index contributed by atoms with van der Waals surface area (Å²) < 4.78 is 5.63. The van der Waals surface area contributed by atoms with E-state index in [1.807, 2.05) is 32.0 Å². The van der Waals surface area contributed by atoms with E-state index >= 15 is 0 Å². The Kier molecular flexibility index (Phi) is 7.53. The van der Waals surface area contributed by atoms with Gasteiger partial charge in [0.05, 0.1) is 11.7 Å². The molecule has 160 valence electrons. The number of anilines is 2. The largest absolute Gasteiger partial charge is 0.376 e. The highest BCUT2D eigenvalue weighted by molar-refractivity contribution is 6.02. The van der Waals surface area contributed by atoms with Crippen LogP contribution in [0, 0.1) is 11.8 Å². The second-order valence-electron chi connectivity index (χ2n) is 8.89. The molecule has 1 atom stereocenters. The number of carbonyl (C=O) groups excluding carboxylic acids is 2. The number of ether oxygens (including phenoxy) is 1. The fraction of sp³-hybridized carbons (Fsp3) is 0.652. The first kappa shape index (κ1) is 21.6. The molecule has 0 unspecified atom stereocenters. The predicted octanol–water partition coefficient (Wildman–Crippen LogP) is 3.82. The summed E-state index contributed by atoms with van der Waals surface area (Å²) in [7, 11) is 0. The van der Waals surface area contributed by atoms with Gasteiger partial charge in [-0.25, -0.2) is 0 Å². The Balaban J connectivity index is 1.76. The first-order valence-corrected chi connectivity index (χ1v) is 11.0. The van der Waals surface area contributed by atoms with Gasteiger partial charge in [-0.3, -0.25) is 9.59 Å². The van der Waals surface area contributed by atoms with Crippen LogP contribution >= 0.6 is 0 Å². The van der Waals surface area contributed by atoms with Crippen LogP contribution in [0.1, 0.15) is 63.2 Å². The molecule has 6 heteroatoms. The van der Waals surface area contributed by atoms with Crippen LogP contribution in [0.15, 0.2) is 18.2 Å². The van der Waals surface area contributed by atoms with Gasteiger partial charge < -0.3 is 20.3 Å². The smallest absolute Gasteiger partial charge is 0.253 e. The van der Waals surface area contributed by atoms with Gasteiger partial charge in [0.15, 0.2) is 0 Å². The number of rotatable bonds is 7. The van der Waals surface area contributed by atoms with E-state index in [1.54, 1.807) is 0 Å². The fourth-order valence-corrected chi connectivity index (χ4v) is 4.01. The molecule has 0 radical (unpaired) electrons. The molecule has 3 rings (SSSR count). The van der Waals surface area contributed by atoms with E-state index in [1.165, 1.54) is 0 Å². The molecule has 2 aliphatic rings. The molecule has 1 aromatic rings. The Labute approximate surface area is 174 Å². The molecular formula is C23H35N3O3. The van der Waals surface area contributed by atoms with E-state index in [-0.39, 0.29) is 17.9 Å². The Hall–Kier alpha value is -2.08. The molecular weight excluding hydrogens is 366 g/mol. The third-order valence-corrected chi connectivity index (χ3v) is 5.76. The van der Waals surface area contributed by atoms with Crippen molar-refractivity contribution in [2.45, 2.75) is 59.0 Å². The molecule has 2 amide bonds. The average Bonchev–Trinajstić information content (AvgIpc) is 3.20. The van der Waals surface area contributed by atoms with Gasteiger partial charge in [-0.2, -0.15) is 0 Å². The molecule has 0 spiro atoms. The molecule has 0 bridgehead atoms. The Morgan fingerprint density at radius 1 is 1.21 bits per heavy atom. The highest BCUT2D eigenvalue weighted by Crippen LogP contribution is 2.29. The second-order valence-corrected chi connectivity index (χ2v) is 8.89. The van der Waals surface area contributed by atoms with E-state index in [4.69, 9.17) is 4.74 Å². The lowest BCUT2D eigenvalue weighted by atomic mass is 9.97. The number of hydrogen-bond donors (Lipinski definition) is 2. The van der Waals surface area contributed by atoms with Crippen LogP contribution in [-0.2, 0) is 9.53 Å². The van der Waals surface area contributed by atoms with Crippen molar-refractivity contribution < 1.29 is 14.3 Å². The second kappa shape index (κ2) is 10.1. The van der Waals surface area contributed by atoms with E-state index in [0.717, 1.165) is 57.0 Å². The van der Waals surface area contributed by atoms with Crippen LogP contribution in [0.3, 0.4) is 0 Å². The summed E-state index contributed by atoms with van der Waals surface area (Å²) in [5.41, 5.74) is 2.25. The number of hydrogen-bond acceptors (Lipinski definition) is 4. The van der Waals surface area contributed by atoms with Crippen LogP contribution in [0.5, 0.6) is 0 Å². The van der Waals surface area contributed by atoms with E-state index in [0.29, 0.717) is 30.1 Å². The summed E-state index contributed by atoms with van der Waals surface area (Å²) in [4.78, 5) is 27.5. The van der Waals surface area contributed by atoms with Gasteiger partial charge >= 0.3 is 0 Å². The van der Waals surface area contributed by atoms with Crippen molar-refractivity contribution in [3.63, 3.8) is 0 Å². The van der Waals surface area contributed by atoms with Crippen molar-refractivity contribution >= 4 is 23.2 Å². The Morgan fingerprint density at radius 3 is 2.62 bits per heavy atom. The molecule has 1 aromatic carbocycles. The minimum Gasteiger partial charge on any atom is -0.376 e. The van der Waals surface area contributed by atoms with Crippen LogP contribution in [-0.4, -0.2) is 44.2 Å². The molecule has 0 saturated carbocycles. The van der Waals surface area contributed by atoms with E-state index in [9.17, 15) is 9.59 Å². The van der Waals surface area contributed by atoms with E-state index < -0.39 is 0 Å². The standard InChI is InChI=1S/C23H35N3O3/c1-16(2)13-22(27)25-18-6-7-21(26-10-8-17(3)9-11-26)20(14-18)23(28)24-15-19-5-4-12-29-19/h6-7,14,16-17,19H,4-5,8-13,15H2,1-3H3,(H,24,28)(H,25,27)/t19-/m0/s1. The number of piperidine rings is 1. The maximum Gasteiger partial charge on any atom is 0.253 e. The lowest BCUT2D eigenvalue weighted by Crippen LogP contribution is -2.36. The van der Waals surface area contributed by atoms with Crippen molar-refractivity contribution in [2.24, 2.45) is 11.8 Å². The van der Waals surface area contributed by atoms with Crippen LogP contribution < -0.4 is 15.5 Å². The maximum absolute atomic E-state index is 13.0. The molecule has 2 aliphatic heterocycles. The van der Waals surface area contributed by atoms with Gasteiger partial charge in [0.1, 0.15) is 0 Å². The van der Waals surface area contributed by atoms with Crippen LogP contribution in [0.2, 0.25) is 0 Å². The number of amides is 2. The lowest BCUT2D eigenvalue weighted by Gasteiger charge is -2.33. The molecule has 2 fully saturated rings. The lowest BCUT2D eigenvalue weighted by molar-refractivity contribution is -0.116. The predicted molar refractivity (Wildman–Crippen MR) is 116 cm³/mol. The zero-order chi connectivity index (χ0) is 20.8. The van der Waals surface area contributed by atoms with Gasteiger partial charge in [-0.15, -0.1) is 0 Å². The van der Waals surface area contributed by atoms with Crippen molar-refractivity contribution in [2.75, 3.05) is 36.5 Å². The summed E-state index contributed by atoms with van der Waals surface area (Å²) in [6, 6.07) is 5.70. The van der Waals surface area contributed by atoms with Crippen LogP contribution in [0.25, 0.3) is 0 Å². The van der Waals surface area contributed by atoms with Gasteiger partial charge in [-0.1, -0.05) is 20.8 Å². The summed E-state index contributed by atoms with van der Waals surface area (Å²) in [5, 5.41) is 5.98. The van der Waals surface area contributed by atoms with Gasteiger partial charge in [0, 0.05) is 44.0 Å². The highest BCUT2D eigenvalue weighted by Gasteiger charge is 2.23. The molecule has 29 heavy (non-hydrogen) atoms. The molecule has 0 aromatic heterocycles. The summed E-state index contributed by atoms with van der Waals surface area (Å²) in [6.45, 7) is 9.51. The number of nitrogens with zero attached hydrogens (tertiary/aromatic N) is 1. The fourth-order valence-electron chi connectivity index (χ4n) is 4.01. The third-order valence-electron chi connectivity index (χ3n) is 5.76. The number of carbonyl (C=O) groups is 2. The van der Waals surface area contributed by atoms with Crippen molar-refractivity contribution in [1.82, 2.24) is 5.32 Å². The normalized spacial score (nSPS) is 20.1. The Morgan fingerprint density at radius 2 is 1.97 bits per heavy atom. The monoisotopic (exact) mass is 401 g/mol. The minimum absolute atomic E-state index is 0.0229. The van der Waals surface area contributed by atoms with Gasteiger partial charge in [0.25, 0.3) is 5.91 Å². The zero-order valence-corrected chi connectivity index (χ0v) is 18.0. The first-order chi connectivity index (χ1) is 13.9. The zero-order valence-electron chi connectivity index (χ0n) is 18.0. The van der Waals surface area contributed by atoms with Gasteiger partial charge in [-0.05, 0) is 55.7 Å². The molecule has 2 heterocycles. The van der Waals surface area contributed by atoms with Gasteiger partial charge in [0.2, 0.25) is 5.91 Å². The number of benzene rings is 1. The minimum atomic E-state index is -0.103. The quantitative estimate of drug-likeness (QED) is 0.729. The molecule has 2 saturated heterocycles. The summed E-state index contributed by atoms with van der Waals surface area (Å²) in [5.74, 6) is 0.885. The first-order valence-electron chi connectivity index (χ1n) is 11.0. The average molecular weight is 402 g/mol. The summed E-state index contributed by atoms with van der Waals surface area (Å²) >= 11 is 0. The molecule has 6 nitrogen and oxygen atoms in total.